The van der Waals surface area contributed by atoms with Gasteiger partial charge in [0.2, 0.25) is 0 Å². The van der Waals surface area contributed by atoms with E-state index in [4.69, 9.17) is 22.1 Å². The van der Waals surface area contributed by atoms with Crippen molar-refractivity contribution in [3.8, 4) is 5.75 Å². The van der Waals surface area contributed by atoms with Crippen LogP contribution in [-0.4, -0.2) is 0 Å². The molecule has 0 heterocycles. The lowest BCUT2D eigenvalue weighted by atomic mass is 10.2. The second kappa shape index (κ2) is 5.11. The zero-order chi connectivity index (χ0) is 12.3. The van der Waals surface area contributed by atoms with Crippen molar-refractivity contribution in [2.45, 2.75) is 13.5 Å². The fourth-order valence-corrected chi connectivity index (χ4v) is 1.67. The molecule has 0 aliphatic carbocycles. The van der Waals surface area contributed by atoms with E-state index in [0.717, 1.165) is 11.3 Å². The summed E-state index contributed by atoms with van der Waals surface area (Å²) in [5.74, 6) is 0.838. The summed E-state index contributed by atoms with van der Waals surface area (Å²) in [6.45, 7) is 2.49. The average Bonchev–Trinajstić information content (AvgIpc) is 2.30. The van der Waals surface area contributed by atoms with Crippen molar-refractivity contribution in [2.24, 2.45) is 0 Å². The van der Waals surface area contributed by atoms with E-state index in [-0.39, 0.29) is 0 Å². The van der Waals surface area contributed by atoms with Gasteiger partial charge in [-0.25, -0.2) is 0 Å². The van der Waals surface area contributed by atoms with E-state index in [0.29, 0.717) is 17.3 Å². The Kier molecular flexibility index (Phi) is 3.55. The highest BCUT2D eigenvalue weighted by Gasteiger charge is 2.01. The molecule has 0 bridgehead atoms. The molecule has 2 aromatic carbocycles. The molecule has 3 heteroatoms. The second-order valence-electron chi connectivity index (χ2n) is 3.94. The molecule has 0 aliphatic heterocycles. The first-order chi connectivity index (χ1) is 8.15. The maximum atomic E-state index is 5.85. The van der Waals surface area contributed by atoms with Gasteiger partial charge in [0.25, 0.3) is 0 Å². The molecule has 2 rings (SSSR count). The van der Waals surface area contributed by atoms with Gasteiger partial charge in [0.05, 0.1) is 0 Å². The predicted molar refractivity (Wildman–Crippen MR) is 71.4 cm³/mol. The van der Waals surface area contributed by atoms with Crippen molar-refractivity contribution >= 4 is 17.3 Å². The summed E-state index contributed by atoms with van der Waals surface area (Å²) in [7, 11) is 0. The minimum atomic E-state index is 0.450. The summed E-state index contributed by atoms with van der Waals surface area (Å²) in [4.78, 5) is 0. The first-order valence-corrected chi connectivity index (χ1v) is 5.76. The third-order valence-corrected chi connectivity index (χ3v) is 2.76. The zero-order valence-electron chi connectivity index (χ0n) is 9.61. The first-order valence-electron chi connectivity index (χ1n) is 5.38. The fraction of sp³-hybridized carbons (Fsp3) is 0.143. The number of hydrogen-bond donors (Lipinski definition) is 1. The summed E-state index contributed by atoms with van der Waals surface area (Å²) in [5, 5.41) is 0.640. The largest absolute Gasteiger partial charge is 0.489 e. The Labute approximate surface area is 106 Å². The van der Waals surface area contributed by atoms with Crippen molar-refractivity contribution in [2.75, 3.05) is 5.73 Å². The Morgan fingerprint density at radius 2 is 1.82 bits per heavy atom. The van der Waals surface area contributed by atoms with Gasteiger partial charge < -0.3 is 10.5 Å². The van der Waals surface area contributed by atoms with Gasteiger partial charge in [-0.1, -0.05) is 35.4 Å². The van der Waals surface area contributed by atoms with Crippen LogP contribution in [0.5, 0.6) is 5.75 Å². The first kappa shape index (κ1) is 11.8. The van der Waals surface area contributed by atoms with Crippen LogP contribution < -0.4 is 10.5 Å². The molecule has 0 aromatic heterocycles. The molecular weight excluding hydrogens is 234 g/mol. The lowest BCUT2D eigenvalue weighted by Gasteiger charge is -2.09. The number of anilines is 1. The summed E-state index contributed by atoms with van der Waals surface area (Å²) in [5.41, 5.74) is 8.65. The molecule has 2 nitrogen and oxygen atoms in total. The van der Waals surface area contributed by atoms with Gasteiger partial charge in [0.15, 0.2) is 0 Å². The van der Waals surface area contributed by atoms with Crippen molar-refractivity contribution in [1.82, 2.24) is 0 Å². The van der Waals surface area contributed by atoms with E-state index >= 15 is 0 Å². The molecule has 2 aromatic rings. The molecule has 0 unspecified atom stereocenters. The number of aryl methyl sites for hydroxylation is 1. The van der Waals surface area contributed by atoms with Gasteiger partial charge in [-0.05, 0) is 31.2 Å². The SMILES string of the molecule is Cc1ccc(OCc2ccc(Cl)cc2N)cc1. The number of rotatable bonds is 3. The molecule has 0 radical (unpaired) electrons. The van der Waals surface area contributed by atoms with E-state index in [2.05, 4.69) is 0 Å². The number of halogens is 1. The Hall–Kier alpha value is -1.67. The van der Waals surface area contributed by atoms with Crippen LogP contribution in [0.1, 0.15) is 11.1 Å². The van der Waals surface area contributed by atoms with Crippen LogP contribution in [0.15, 0.2) is 42.5 Å². The smallest absolute Gasteiger partial charge is 0.119 e. The second-order valence-corrected chi connectivity index (χ2v) is 4.38. The van der Waals surface area contributed by atoms with Gasteiger partial charge >= 0.3 is 0 Å². The molecule has 0 amide bonds. The number of ether oxygens (including phenoxy) is 1. The Bertz CT molecular complexity index is 508. The van der Waals surface area contributed by atoms with E-state index in [1.807, 2.05) is 43.3 Å². The van der Waals surface area contributed by atoms with Crippen molar-refractivity contribution in [3.63, 3.8) is 0 Å². The van der Waals surface area contributed by atoms with Gasteiger partial charge in [0, 0.05) is 16.3 Å². The van der Waals surface area contributed by atoms with Gasteiger partial charge in [-0.3, -0.25) is 0 Å². The van der Waals surface area contributed by atoms with Crippen molar-refractivity contribution in [1.29, 1.82) is 0 Å². The Morgan fingerprint density at radius 1 is 1.12 bits per heavy atom. The summed E-state index contributed by atoms with van der Waals surface area (Å²) in [6, 6.07) is 13.3. The van der Waals surface area contributed by atoms with E-state index in [9.17, 15) is 0 Å². The van der Waals surface area contributed by atoms with Crippen LogP contribution in [0, 0.1) is 6.92 Å². The van der Waals surface area contributed by atoms with Crippen molar-refractivity contribution in [3.05, 3.63) is 58.6 Å². The normalized spacial score (nSPS) is 10.2. The number of nitrogen functional groups attached to an aromatic ring is 1. The summed E-state index contributed by atoms with van der Waals surface area (Å²) >= 11 is 5.83. The zero-order valence-corrected chi connectivity index (χ0v) is 10.4. The minimum Gasteiger partial charge on any atom is -0.489 e. The molecule has 0 fully saturated rings. The lowest BCUT2D eigenvalue weighted by molar-refractivity contribution is 0.307. The monoisotopic (exact) mass is 247 g/mol. The Morgan fingerprint density at radius 3 is 2.47 bits per heavy atom. The number of benzene rings is 2. The molecule has 0 atom stereocenters. The summed E-state index contributed by atoms with van der Waals surface area (Å²) in [6.07, 6.45) is 0. The molecule has 0 saturated heterocycles. The van der Waals surface area contributed by atoms with Crippen LogP contribution in [0.3, 0.4) is 0 Å². The highest BCUT2D eigenvalue weighted by atomic mass is 35.5. The van der Waals surface area contributed by atoms with Gasteiger partial charge in [-0.2, -0.15) is 0 Å². The van der Waals surface area contributed by atoms with Crippen LogP contribution >= 0.6 is 11.6 Å². The van der Waals surface area contributed by atoms with Gasteiger partial charge in [0.1, 0.15) is 12.4 Å². The molecule has 88 valence electrons. The van der Waals surface area contributed by atoms with E-state index < -0.39 is 0 Å². The minimum absolute atomic E-state index is 0.450. The molecule has 17 heavy (non-hydrogen) atoms. The highest BCUT2D eigenvalue weighted by molar-refractivity contribution is 6.30. The van der Waals surface area contributed by atoms with Crippen LogP contribution in [0.2, 0.25) is 5.02 Å². The maximum absolute atomic E-state index is 5.85. The molecule has 0 spiro atoms. The fourth-order valence-electron chi connectivity index (χ4n) is 1.49. The summed E-state index contributed by atoms with van der Waals surface area (Å²) < 4.78 is 5.64. The lowest BCUT2D eigenvalue weighted by Crippen LogP contribution is -2.00. The topological polar surface area (TPSA) is 35.2 Å². The maximum Gasteiger partial charge on any atom is 0.119 e. The molecule has 2 N–H and O–H groups in total. The molecule has 0 saturated carbocycles. The quantitative estimate of drug-likeness (QED) is 0.837. The number of hydrogen-bond acceptors (Lipinski definition) is 2. The molecular formula is C14H14ClNO. The van der Waals surface area contributed by atoms with E-state index in [1.165, 1.54) is 5.56 Å². The predicted octanol–water partition coefficient (Wildman–Crippen LogP) is 3.81. The standard InChI is InChI=1S/C14H14ClNO/c1-10-2-6-13(7-3-10)17-9-11-4-5-12(15)8-14(11)16/h2-8H,9,16H2,1H3. The van der Waals surface area contributed by atoms with E-state index in [1.54, 1.807) is 6.07 Å². The Balaban J connectivity index is 2.04. The number of nitrogens with two attached hydrogens (primary N) is 1. The van der Waals surface area contributed by atoms with Crippen LogP contribution in [-0.2, 0) is 6.61 Å². The third kappa shape index (κ3) is 3.14. The third-order valence-electron chi connectivity index (χ3n) is 2.52. The van der Waals surface area contributed by atoms with Crippen LogP contribution in [0.4, 0.5) is 5.69 Å². The highest BCUT2D eigenvalue weighted by Crippen LogP contribution is 2.20. The van der Waals surface area contributed by atoms with Gasteiger partial charge in [-0.15, -0.1) is 0 Å². The molecule has 0 aliphatic rings. The van der Waals surface area contributed by atoms with Crippen LogP contribution in [0.25, 0.3) is 0 Å². The van der Waals surface area contributed by atoms with Crippen molar-refractivity contribution < 1.29 is 4.74 Å². The average molecular weight is 248 g/mol.